The third kappa shape index (κ3) is 4.38. The first-order valence-corrected chi connectivity index (χ1v) is 7.89. The average Bonchev–Trinajstić information content (AvgIpc) is 2.53. The van der Waals surface area contributed by atoms with E-state index in [1.807, 2.05) is 0 Å². The summed E-state index contributed by atoms with van der Waals surface area (Å²) in [6.45, 7) is 1.85. The number of aryl methyl sites for hydroxylation is 1. The Hall–Kier alpha value is -0.440. The molecule has 1 heterocycles. The summed E-state index contributed by atoms with van der Waals surface area (Å²) in [6, 6.07) is 1.54. The van der Waals surface area contributed by atoms with Crippen molar-refractivity contribution in [3.05, 3.63) is 14.7 Å². The van der Waals surface area contributed by atoms with E-state index in [4.69, 9.17) is 5.11 Å². The van der Waals surface area contributed by atoms with E-state index in [0.717, 1.165) is 3.79 Å². The molecule has 0 atom stereocenters. The molecule has 0 spiro atoms. The Kier molecular flexibility index (Phi) is 5.11. The zero-order valence-corrected chi connectivity index (χ0v) is 12.3. The number of nitrogens with one attached hydrogen (secondary N) is 1. The highest BCUT2D eigenvalue weighted by Crippen LogP contribution is 2.29. The monoisotopic (exact) mass is 341 g/mol. The lowest BCUT2D eigenvalue weighted by Gasteiger charge is -2.04. The molecule has 8 heteroatoms. The van der Waals surface area contributed by atoms with Crippen LogP contribution < -0.4 is 4.72 Å². The maximum absolute atomic E-state index is 11.8. The molecule has 1 rings (SSSR count). The van der Waals surface area contributed by atoms with E-state index in [2.05, 4.69) is 20.7 Å². The van der Waals surface area contributed by atoms with Gasteiger partial charge in [0.05, 0.1) is 8.68 Å². The summed E-state index contributed by atoms with van der Waals surface area (Å²) < 4.78 is 26.8. The second-order valence-corrected chi connectivity index (χ2v) is 7.74. The number of thiophene rings is 1. The van der Waals surface area contributed by atoms with Crippen LogP contribution in [0, 0.1) is 6.92 Å². The largest absolute Gasteiger partial charge is 0.481 e. The second-order valence-electron chi connectivity index (χ2n) is 3.37. The van der Waals surface area contributed by atoms with Crippen molar-refractivity contribution in [1.82, 2.24) is 4.72 Å². The van der Waals surface area contributed by atoms with E-state index in [-0.39, 0.29) is 24.3 Å². The molecule has 0 aromatic carbocycles. The van der Waals surface area contributed by atoms with Gasteiger partial charge in [-0.15, -0.1) is 11.3 Å². The fourth-order valence-corrected chi connectivity index (χ4v) is 4.71. The van der Waals surface area contributed by atoms with Crippen molar-refractivity contribution in [2.75, 3.05) is 6.54 Å². The van der Waals surface area contributed by atoms with E-state index in [0.29, 0.717) is 4.88 Å². The molecular formula is C9H12BrNO4S2. The van der Waals surface area contributed by atoms with Crippen LogP contribution in [0.2, 0.25) is 0 Å². The van der Waals surface area contributed by atoms with Crippen LogP contribution in [0.1, 0.15) is 17.7 Å². The molecule has 0 saturated carbocycles. The van der Waals surface area contributed by atoms with Gasteiger partial charge in [0.15, 0.2) is 0 Å². The highest BCUT2D eigenvalue weighted by Gasteiger charge is 2.18. The van der Waals surface area contributed by atoms with E-state index >= 15 is 0 Å². The molecule has 96 valence electrons. The lowest BCUT2D eigenvalue weighted by atomic mass is 10.3. The zero-order valence-electron chi connectivity index (χ0n) is 9.07. The fourth-order valence-electron chi connectivity index (χ4n) is 1.22. The normalized spacial score (nSPS) is 11.6. The van der Waals surface area contributed by atoms with Crippen molar-refractivity contribution < 1.29 is 18.3 Å². The standard InChI is InChI=1S/C9H12BrNO4S2/c1-6-7(5-8(10)16-6)17(14,15)11-4-2-3-9(12)13/h5,11H,2-4H2,1H3,(H,12,13). The van der Waals surface area contributed by atoms with Gasteiger partial charge < -0.3 is 5.11 Å². The molecule has 0 aliphatic rings. The molecule has 1 aromatic rings. The van der Waals surface area contributed by atoms with Crippen molar-refractivity contribution in [2.45, 2.75) is 24.7 Å². The van der Waals surface area contributed by atoms with Crippen molar-refractivity contribution in [3.8, 4) is 0 Å². The molecular weight excluding hydrogens is 330 g/mol. The van der Waals surface area contributed by atoms with Crippen LogP contribution in [0.4, 0.5) is 0 Å². The van der Waals surface area contributed by atoms with E-state index < -0.39 is 16.0 Å². The first kappa shape index (κ1) is 14.6. The third-order valence-electron chi connectivity index (χ3n) is 1.99. The SMILES string of the molecule is Cc1sc(Br)cc1S(=O)(=O)NCCCC(=O)O. The number of halogens is 1. The molecule has 1 aromatic heterocycles. The van der Waals surface area contributed by atoms with E-state index in [1.54, 1.807) is 13.0 Å². The molecule has 0 aliphatic carbocycles. The van der Waals surface area contributed by atoms with Crippen LogP contribution in [0.15, 0.2) is 14.7 Å². The first-order chi connectivity index (χ1) is 7.83. The van der Waals surface area contributed by atoms with Crippen molar-refractivity contribution >= 4 is 43.3 Å². The van der Waals surface area contributed by atoms with Gasteiger partial charge in [0.25, 0.3) is 0 Å². The zero-order chi connectivity index (χ0) is 13.1. The van der Waals surface area contributed by atoms with Crippen LogP contribution in [-0.4, -0.2) is 26.0 Å². The number of sulfonamides is 1. The molecule has 0 aliphatic heterocycles. The Bertz CT molecular complexity index is 509. The molecule has 5 nitrogen and oxygen atoms in total. The second kappa shape index (κ2) is 5.94. The maximum atomic E-state index is 11.8. The van der Waals surface area contributed by atoms with Gasteiger partial charge in [-0.2, -0.15) is 0 Å². The molecule has 0 radical (unpaired) electrons. The summed E-state index contributed by atoms with van der Waals surface area (Å²) in [5.41, 5.74) is 0. The minimum atomic E-state index is -3.53. The van der Waals surface area contributed by atoms with E-state index in [1.165, 1.54) is 11.3 Å². The lowest BCUT2D eigenvalue weighted by molar-refractivity contribution is -0.137. The topological polar surface area (TPSA) is 83.5 Å². The molecule has 0 amide bonds. The number of carboxylic acid groups (broad SMARTS) is 1. The number of carbonyl (C=O) groups is 1. The minimum Gasteiger partial charge on any atom is -0.481 e. The molecule has 2 N–H and O–H groups in total. The lowest BCUT2D eigenvalue weighted by Crippen LogP contribution is -2.25. The quantitative estimate of drug-likeness (QED) is 0.774. The van der Waals surface area contributed by atoms with Crippen LogP contribution in [0.5, 0.6) is 0 Å². The van der Waals surface area contributed by atoms with Gasteiger partial charge in [-0.3, -0.25) is 4.79 Å². The fraction of sp³-hybridized carbons (Fsp3) is 0.444. The Morgan fingerprint density at radius 1 is 1.59 bits per heavy atom. The number of aliphatic carboxylic acids is 1. The Morgan fingerprint density at radius 2 is 2.24 bits per heavy atom. The first-order valence-electron chi connectivity index (χ1n) is 4.80. The summed E-state index contributed by atoms with van der Waals surface area (Å²) in [5.74, 6) is -0.932. The van der Waals surface area contributed by atoms with Gasteiger partial charge in [-0.1, -0.05) is 0 Å². The number of hydrogen-bond donors (Lipinski definition) is 2. The van der Waals surface area contributed by atoms with Gasteiger partial charge in [-0.05, 0) is 35.3 Å². The van der Waals surface area contributed by atoms with Gasteiger partial charge in [0.2, 0.25) is 10.0 Å². The minimum absolute atomic E-state index is 0.0468. The van der Waals surface area contributed by atoms with E-state index in [9.17, 15) is 13.2 Å². The molecule has 0 saturated heterocycles. The predicted molar refractivity (Wildman–Crippen MR) is 68.8 cm³/mol. The number of hydrogen-bond acceptors (Lipinski definition) is 4. The van der Waals surface area contributed by atoms with Crippen LogP contribution in [-0.2, 0) is 14.8 Å². The van der Waals surface area contributed by atoms with Gasteiger partial charge in [0, 0.05) is 17.8 Å². The van der Waals surface area contributed by atoms with Crippen molar-refractivity contribution in [1.29, 1.82) is 0 Å². The van der Waals surface area contributed by atoms with Crippen LogP contribution >= 0.6 is 27.3 Å². The molecule has 0 unspecified atom stereocenters. The maximum Gasteiger partial charge on any atom is 0.303 e. The Labute approximate surface area is 112 Å². The number of carboxylic acids is 1. The molecule has 17 heavy (non-hydrogen) atoms. The van der Waals surface area contributed by atoms with Crippen molar-refractivity contribution in [3.63, 3.8) is 0 Å². The van der Waals surface area contributed by atoms with Gasteiger partial charge >= 0.3 is 5.97 Å². The number of rotatable bonds is 6. The van der Waals surface area contributed by atoms with Crippen LogP contribution in [0.25, 0.3) is 0 Å². The van der Waals surface area contributed by atoms with Gasteiger partial charge in [-0.25, -0.2) is 13.1 Å². The summed E-state index contributed by atoms with van der Waals surface area (Å²) >= 11 is 4.57. The van der Waals surface area contributed by atoms with Gasteiger partial charge in [0.1, 0.15) is 0 Å². The Morgan fingerprint density at radius 3 is 2.71 bits per heavy atom. The Balaban J connectivity index is 2.63. The van der Waals surface area contributed by atoms with Crippen LogP contribution in [0.3, 0.4) is 0 Å². The smallest absolute Gasteiger partial charge is 0.303 e. The highest BCUT2D eigenvalue weighted by molar-refractivity contribution is 9.11. The summed E-state index contributed by atoms with van der Waals surface area (Å²) in [6.07, 6.45) is 0.230. The summed E-state index contributed by atoms with van der Waals surface area (Å²) in [4.78, 5) is 11.2. The summed E-state index contributed by atoms with van der Waals surface area (Å²) in [7, 11) is -3.53. The molecule has 0 bridgehead atoms. The third-order valence-corrected chi connectivity index (χ3v) is 5.26. The highest BCUT2D eigenvalue weighted by atomic mass is 79.9. The predicted octanol–water partition coefficient (Wildman–Crippen LogP) is 1.96. The molecule has 0 fully saturated rings. The average molecular weight is 342 g/mol. The summed E-state index contributed by atoms with van der Waals surface area (Å²) in [5, 5.41) is 8.43. The van der Waals surface area contributed by atoms with Crippen molar-refractivity contribution in [2.24, 2.45) is 0 Å².